The molecule has 1 aromatic carbocycles. The smallest absolute Gasteiger partial charge is 0.410 e. The van der Waals surface area contributed by atoms with Gasteiger partial charge in [-0.15, -0.1) is 0 Å². The van der Waals surface area contributed by atoms with Gasteiger partial charge in [-0.25, -0.2) is 4.79 Å². The number of benzene rings is 1. The summed E-state index contributed by atoms with van der Waals surface area (Å²) in [6, 6.07) is 8.84. The second-order valence-electron chi connectivity index (χ2n) is 21.2. The second kappa shape index (κ2) is 22.0. The molecule has 16 heteroatoms. The molecule has 4 fully saturated rings. The van der Waals surface area contributed by atoms with Crippen molar-refractivity contribution in [2.24, 2.45) is 29.6 Å². The Bertz CT molecular complexity index is 2040. The zero-order valence-corrected chi connectivity index (χ0v) is 43.4. The maximum Gasteiger partial charge on any atom is 0.410 e. The minimum atomic E-state index is -1.41. The number of methoxy groups -OCH3 is 2. The molecule has 4 saturated heterocycles. The van der Waals surface area contributed by atoms with Gasteiger partial charge in [-0.05, 0) is 92.6 Å². The number of aliphatic hydroxyl groups excluding tert-OH is 1. The number of carbonyl (C=O) groups excluding carboxylic acids is 3. The quantitative estimate of drug-likeness (QED) is 0.164. The molecule has 0 radical (unpaired) electrons. The molecule has 1 amide bonds. The van der Waals surface area contributed by atoms with Crippen molar-refractivity contribution in [1.82, 2.24) is 20.1 Å². The van der Waals surface area contributed by atoms with E-state index in [1.54, 1.807) is 39.2 Å². The number of nitrogens with one attached hydrogen (secondary N) is 1. The van der Waals surface area contributed by atoms with Crippen molar-refractivity contribution < 1.29 is 57.4 Å². The van der Waals surface area contributed by atoms with Crippen LogP contribution in [0.1, 0.15) is 107 Å². The number of fused-ring (bicyclic) bond motifs is 2. The van der Waals surface area contributed by atoms with Crippen LogP contribution < -0.4 is 5.32 Å². The van der Waals surface area contributed by atoms with E-state index in [9.17, 15) is 14.7 Å². The van der Waals surface area contributed by atoms with Crippen LogP contribution in [0.4, 0.5) is 4.79 Å². The summed E-state index contributed by atoms with van der Waals surface area (Å²) in [4.78, 5) is 52.4. The average molecular weight is 955 g/mol. The third-order valence-corrected chi connectivity index (χ3v) is 16.3. The van der Waals surface area contributed by atoms with Crippen molar-refractivity contribution in [2.45, 2.75) is 186 Å². The number of cyclic esters (lactones) is 1. The molecule has 2 aromatic rings. The third-order valence-electron chi connectivity index (χ3n) is 16.3. The monoisotopic (exact) mass is 955 g/mol. The zero-order valence-electron chi connectivity index (χ0n) is 43.4. The number of ketones is 1. The Kier molecular flexibility index (Phi) is 17.5. The van der Waals surface area contributed by atoms with Gasteiger partial charge in [-0.1, -0.05) is 52.8 Å². The molecule has 4 aliphatic heterocycles. The Balaban J connectivity index is 1.39. The zero-order chi connectivity index (χ0) is 50.0. The van der Waals surface area contributed by atoms with Crippen LogP contribution in [-0.4, -0.2) is 157 Å². The Labute approximate surface area is 404 Å². The predicted molar refractivity (Wildman–Crippen MR) is 256 cm³/mol. The van der Waals surface area contributed by atoms with Crippen LogP contribution in [0.2, 0.25) is 0 Å². The van der Waals surface area contributed by atoms with Crippen LogP contribution in [-0.2, 0) is 54.0 Å². The fourth-order valence-corrected chi connectivity index (χ4v) is 11.8. The number of aromatic nitrogens is 1. The Morgan fingerprint density at radius 3 is 2.26 bits per heavy atom. The van der Waals surface area contributed by atoms with Crippen molar-refractivity contribution in [2.75, 3.05) is 41.4 Å². The normalized spacial score (nSPS) is 41.0. The molecule has 4 aliphatic rings. The number of esters is 1. The first-order valence-corrected chi connectivity index (χ1v) is 24.9. The SMILES string of the molecule is CC[C@H]1OC(=O)[C@H](C)[C@@H](OC2CC(C)(OC)C(C)C(C)O2)[C@H](C)[C@@H](OC2OC(C)CC(N(C)C)C2O)[C@](C)(OC)C[C@@H](C)C(=O)[C@H](C)[C@H]2N(CCNCc3ccnc4ccccc34)C(=O)O[C@]12C. The van der Waals surface area contributed by atoms with E-state index in [0.29, 0.717) is 32.4 Å². The van der Waals surface area contributed by atoms with Crippen LogP contribution in [0.5, 0.6) is 0 Å². The van der Waals surface area contributed by atoms with Crippen molar-refractivity contribution in [3.63, 3.8) is 0 Å². The van der Waals surface area contributed by atoms with E-state index < -0.39 is 95.6 Å². The van der Waals surface area contributed by atoms with E-state index in [4.69, 9.17) is 37.9 Å². The van der Waals surface area contributed by atoms with Gasteiger partial charge in [0.2, 0.25) is 0 Å². The first-order valence-electron chi connectivity index (χ1n) is 24.9. The number of ether oxygens (including phenoxy) is 8. The molecule has 382 valence electrons. The predicted octanol–water partition coefficient (Wildman–Crippen LogP) is 6.52. The Morgan fingerprint density at radius 2 is 1.60 bits per heavy atom. The lowest BCUT2D eigenvalue weighted by Crippen LogP contribution is -2.61. The number of rotatable bonds is 13. The average Bonchev–Trinajstić information content (AvgIpc) is 3.57. The standard InChI is InChI=1S/C52H82N4O12/c1-16-40-52(11)45(56(49(60)68-52)24-23-53-28-36-21-22-54-38-20-18-17-19-37(36)38)31(4)42(57)29(2)26-51(10,62-15)46(67-48-43(58)39(55(12)13)25-30(3)63-48)32(5)44(33(6)47(59)65-40)66-41-27-50(9,61-14)34(7)35(8)64-41/h17-22,29-35,39-41,43-46,48,53,58H,16,23-28H2,1-15H3/t29-,30?,31+,32+,33-,34?,35?,39?,40-,41?,43?,44+,45-,46-,48?,50?,51-,52-/m1/s1. The van der Waals surface area contributed by atoms with Crippen LogP contribution in [0.15, 0.2) is 36.5 Å². The Hall–Kier alpha value is -3.32. The van der Waals surface area contributed by atoms with Gasteiger partial charge in [0.15, 0.2) is 18.2 Å². The largest absolute Gasteiger partial charge is 0.458 e. The molecule has 1 aromatic heterocycles. The van der Waals surface area contributed by atoms with Gasteiger partial charge < -0.3 is 53.2 Å². The molecule has 0 bridgehead atoms. The minimum Gasteiger partial charge on any atom is -0.458 e. The van der Waals surface area contributed by atoms with E-state index in [-0.39, 0.29) is 42.9 Å². The van der Waals surface area contributed by atoms with Crippen LogP contribution in [0.3, 0.4) is 0 Å². The number of hydrogen-bond acceptors (Lipinski definition) is 15. The van der Waals surface area contributed by atoms with Crippen molar-refractivity contribution in [3.8, 4) is 0 Å². The number of Topliss-reactive ketones (excluding diaryl/α,β-unsaturated/α-hetero) is 1. The molecule has 0 spiro atoms. The Morgan fingerprint density at radius 1 is 0.912 bits per heavy atom. The molecule has 6 rings (SSSR count). The summed E-state index contributed by atoms with van der Waals surface area (Å²) in [5, 5.41) is 16.4. The minimum absolute atomic E-state index is 0.0345. The van der Waals surface area contributed by atoms with Gasteiger partial charge in [0.1, 0.15) is 18.0 Å². The van der Waals surface area contributed by atoms with Gasteiger partial charge in [0, 0.05) is 81.6 Å². The van der Waals surface area contributed by atoms with Crippen LogP contribution in [0.25, 0.3) is 10.9 Å². The van der Waals surface area contributed by atoms with Gasteiger partial charge in [-0.3, -0.25) is 19.5 Å². The van der Waals surface area contributed by atoms with Gasteiger partial charge >= 0.3 is 12.1 Å². The summed E-state index contributed by atoms with van der Waals surface area (Å²) < 4.78 is 52.5. The highest BCUT2D eigenvalue weighted by atomic mass is 16.7. The lowest BCUT2D eigenvalue weighted by molar-refractivity contribution is -0.315. The lowest BCUT2D eigenvalue weighted by atomic mass is 9.73. The van der Waals surface area contributed by atoms with Crippen molar-refractivity contribution >= 4 is 28.7 Å². The number of nitrogens with zero attached hydrogens (tertiary/aromatic N) is 3. The number of hydrogen-bond donors (Lipinski definition) is 2. The number of pyridine rings is 1. The van der Waals surface area contributed by atoms with Gasteiger partial charge in [0.05, 0.1) is 53.1 Å². The molecule has 2 N–H and O–H groups in total. The highest BCUT2D eigenvalue weighted by Gasteiger charge is 2.61. The highest BCUT2D eigenvalue weighted by Crippen LogP contribution is 2.45. The maximum absolute atomic E-state index is 15.1. The van der Waals surface area contributed by atoms with Gasteiger partial charge in [-0.2, -0.15) is 0 Å². The molecule has 5 heterocycles. The molecular weight excluding hydrogens is 873 g/mol. The number of amides is 1. The summed E-state index contributed by atoms with van der Waals surface area (Å²) >= 11 is 0. The van der Waals surface area contributed by atoms with E-state index in [1.807, 2.05) is 105 Å². The topological polar surface area (TPSA) is 177 Å². The maximum atomic E-state index is 15.1. The molecule has 8 unspecified atom stereocenters. The first kappa shape index (κ1) is 54.0. The molecule has 0 aliphatic carbocycles. The van der Waals surface area contributed by atoms with Crippen molar-refractivity contribution in [1.29, 1.82) is 0 Å². The molecular formula is C52H82N4O12. The second-order valence-corrected chi connectivity index (χ2v) is 21.2. The van der Waals surface area contributed by atoms with Crippen LogP contribution in [0, 0.1) is 29.6 Å². The molecule has 0 saturated carbocycles. The number of carbonyl (C=O) groups is 3. The molecule has 16 nitrogen and oxygen atoms in total. The van der Waals surface area contributed by atoms with E-state index >= 15 is 4.79 Å². The van der Waals surface area contributed by atoms with E-state index in [0.717, 1.165) is 16.5 Å². The van der Waals surface area contributed by atoms with E-state index in [2.05, 4.69) is 17.2 Å². The number of para-hydroxylation sites is 1. The third kappa shape index (κ3) is 10.9. The van der Waals surface area contributed by atoms with Gasteiger partial charge in [0.25, 0.3) is 0 Å². The van der Waals surface area contributed by atoms with Crippen LogP contribution >= 0.6 is 0 Å². The highest BCUT2D eigenvalue weighted by molar-refractivity contribution is 5.85. The summed E-state index contributed by atoms with van der Waals surface area (Å²) in [6.45, 7) is 22.1. The summed E-state index contributed by atoms with van der Waals surface area (Å²) in [6.07, 6.45) is -3.60. The fraction of sp³-hybridized carbons (Fsp3) is 0.769. The molecule has 68 heavy (non-hydrogen) atoms. The summed E-state index contributed by atoms with van der Waals surface area (Å²) in [5.41, 5.74) is -1.28. The number of likely N-dealkylation sites (N-methyl/N-ethyl adjacent to an activating group) is 1. The van der Waals surface area contributed by atoms with E-state index in [1.165, 1.54) is 0 Å². The number of aliphatic hydroxyl groups is 1. The molecule has 18 atom stereocenters. The first-order chi connectivity index (χ1) is 32.0. The van der Waals surface area contributed by atoms with Crippen molar-refractivity contribution in [3.05, 3.63) is 42.1 Å². The lowest BCUT2D eigenvalue weighted by Gasteiger charge is -2.50. The summed E-state index contributed by atoms with van der Waals surface area (Å²) in [5.74, 6) is -3.67. The fourth-order valence-electron chi connectivity index (χ4n) is 11.8. The summed E-state index contributed by atoms with van der Waals surface area (Å²) in [7, 11) is 7.09.